The Bertz CT molecular complexity index is 883. The molecule has 0 aliphatic rings. The van der Waals surface area contributed by atoms with Crippen molar-refractivity contribution in [1.82, 2.24) is 9.13 Å². The average molecular weight is 268 g/mol. The Kier molecular flexibility index (Phi) is 3.59. The number of aromatic nitrogens is 2. The molecule has 0 aliphatic carbocycles. The van der Waals surface area contributed by atoms with Crippen LogP contribution in [0.2, 0.25) is 0 Å². The lowest BCUT2D eigenvalue weighted by Gasteiger charge is -2.04. The van der Waals surface area contributed by atoms with E-state index < -0.39 is 0 Å². The molecule has 0 aliphatic heterocycles. The quantitative estimate of drug-likeness (QED) is 0.718. The Morgan fingerprint density at radius 2 is 1.65 bits per heavy atom. The summed E-state index contributed by atoms with van der Waals surface area (Å²) in [5, 5.41) is 0.142. The third-order valence-corrected chi connectivity index (χ3v) is 3.35. The zero-order valence-corrected chi connectivity index (χ0v) is 11.8. The molecule has 0 saturated heterocycles. The largest absolute Gasteiger partial charge is 0.290 e. The second kappa shape index (κ2) is 5.19. The van der Waals surface area contributed by atoms with Crippen LogP contribution in [0.4, 0.5) is 0 Å². The number of rotatable bonds is 1. The molecule has 0 amide bonds. The Morgan fingerprint density at radius 3 is 2.15 bits per heavy atom. The van der Waals surface area contributed by atoms with E-state index in [2.05, 4.69) is 12.3 Å². The van der Waals surface area contributed by atoms with Gasteiger partial charge in [0.05, 0.1) is 0 Å². The third-order valence-electron chi connectivity index (χ3n) is 3.35. The molecule has 0 radical (unpaired) electrons. The summed E-state index contributed by atoms with van der Waals surface area (Å²) >= 11 is 0. The molecular weight excluding hydrogens is 252 g/mol. The van der Waals surface area contributed by atoms with Crippen LogP contribution < -0.4 is 21.8 Å². The van der Waals surface area contributed by atoms with Gasteiger partial charge in [0.25, 0.3) is 11.1 Å². The number of hydrogen-bond donors (Lipinski definition) is 0. The minimum Gasteiger partial charge on any atom is -0.290 e. The first kappa shape index (κ1) is 13.8. The van der Waals surface area contributed by atoms with E-state index in [1.807, 2.05) is 31.2 Å². The first-order valence-electron chi connectivity index (χ1n) is 6.21. The van der Waals surface area contributed by atoms with Crippen molar-refractivity contribution in [1.29, 1.82) is 0 Å². The van der Waals surface area contributed by atoms with Crippen molar-refractivity contribution >= 4 is 11.8 Å². The molecule has 0 atom stereocenters. The van der Waals surface area contributed by atoms with E-state index in [1.165, 1.54) is 9.13 Å². The highest BCUT2D eigenvalue weighted by atomic mass is 16.1. The molecule has 2 aromatic rings. The van der Waals surface area contributed by atoms with Gasteiger partial charge in [-0.2, -0.15) is 0 Å². The normalized spacial score (nSPS) is 10.2. The van der Waals surface area contributed by atoms with Crippen molar-refractivity contribution in [3.8, 4) is 0 Å². The fraction of sp³-hybridized carbons (Fsp3) is 0.188. The van der Waals surface area contributed by atoms with E-state index in [9.17, 15) is 9.59 Å². The first-order valence-corrected chi connectivity index (χ1v) is 6.21. The molecule has 0 N–H and O–H groups in total. The van der Waals surface area contributed by atoms with Crippen molar-refractivity contribution in [3.05, 3.63) is 73.4 Å². The van der Waals surface area contributed by atoms with E-state index in [0.717, 1.165) is 11.1 Å². The topological polar surface area (TPSA) is 44.0 Å². The lowest BCUT2D eigenvalue weighted by molar-refractivity contribution is 0.665. The van der Waals surface area contributed by atoms with Crippen molar-refractivity contribution in [2.45, 2.75) is 6.92 Å². The summed E-state index contributed by atoms with van der Waals surface area (Å²) in [6.45, 7) is 5.45. The fourth-order valence-corrected chi connectivity index (χ4v) is 2.14. The Balaban J connectivity index is 2.99. The van der Waals surface area contributed by atoms with Gasteiger partial charge in [-0.25, -0.2) is 0 Å². The van der Waals surface area contributed by atoms with E-state index in [4.69, 9.17) is 0 Å². The number of aryl methyl sites for hydroxylation is 1. The average Bonchev–Trinajstić information content (AvgIpc) is 2.44. The van der Waals surface area contributed by atoms with Crippen molar-refractivity contribution in [2.24, 2.45) is 14.1 Å². The predicted octanol–water partition coefficient (Wildman–Crippen LogP) is -0.213. The maximum Gasteiger partial charge on any atom is 0.265 e. The molecule has 20 heavy (non-hydrogen) atoms. The predicted molar refractivity (Wildman–Crippen MR) is 80.0 cm³/mol. The number of hydrogen-bond acceptors (Lipinski definition) is 2. The molecule has 102 valence electrons. The van der Waals surface area contributed by atoms with Gasteiger partial charge in [0.1, 0.15) is 5.22 Å². The van der Waals surface area contributed by atoms with Gasteiger partial charge in [-0.15, -0.1) is 0 Å². The second-order valence-electron chi connectivity index (χ2n) is 4.64. The van der Waals surface area contributed by atoms with Crippen LogP contribution in [0.3, 0.4) is 0 Å². The Labute approximate surface area is 116 Å². The van der Waals surface area contributed by atoms with Crippen LogP contribution in [0.5, 0.6) is 0 Å². The lowest BCUT2D eigenvalue weighted by Crippen LogP contribution is -2.56. The van der Waals surface area contributed by atoms with Crippen LogP contribution >= 0.6 is 0 Å². The third kappa shape index (κ3) is 2.17. The van der Waals surface area contributed by atoms with Crippen LogP contribution in [-0.2, 0) is 14.1 Å². The SMILES string of the molecule is C=C=c1n(C)c(=O)c(=Cc2ccccc2C)c(=O)n1C. The Hall–Kier alpha value is -2.58. The van der Waals surface area contributed by atoms with E-state index in [0.29, 0.717) is 5.48 Å². The van der Waals surface area contributed by atoms with Crippen molar-refractivity contribution in [2.75, 3.05) is 0 Å². The van der Waals surface area contributed by atoms with Crippen LogP contribution in [0, 0.1) is 6.92 Å². The van der Waals surface area contributed by atoms with Crippen LogP contribution in [0.1, 0.15) is 11.1 Å². The number of benzene rings is 1. The van der Waals surface area contributed by atoms with Gasteiger partial charge in [0.2, 0.25) is 0 Å². The van der Waals surface area contributed by atoms with E-state index in [-0.39, 0.29) is 16.3 Å². The van der Waals surface area contributed by atoms with E-state index in [1.54, 1.807) is 20.2 Å². The summed E-state index contributed by atoms with van der Waals surface area (Å²) < 4.78 is 2.75. The molecule has 0 spiro atoms. The number of nitrogens with zero attached hydrogens (tertiary/aromatic N) is 2. The molecule has 1 heterocycles. The summed E-state index contributed by atoms with van der Waals surface area (Å²) in [4.78, 5) is 24.6. The molecule has 2 rings (SSSR count). The molecule has 1 aromatic heterocycles. The molecule has 1 aromatic carbocycles. The molecular formula is C16H16N2O2. The molecule has 4 heteroatoms. The maximum absolute atomic E-state index is 12.3. The molecule has 0 saturated carbocycles. The molecule has 0 bridgehead atoms. The van der Waals surface area contributed by atoms with Gasteiger partial charge in [0, 0.05) is 14.1 Å². The van der Waals surface area contributed by atoms with Crippen LogP contribution in [-0.4, -0.2) is 9.13 Å². The van der Waals surface area contributed by atoms with E-state index >= 15 is 0 Å². The summed E-state index contributed by atoms with van der Waals surface area (Å²) in [5.41, 5.74) is 4.15. The van der Waals surface area contributed by atoms with Gasteiger partial charge in [-0.3, -0.25) is 18.7 Å². The smallest absolute Gasteiger partial charge is 0.265 e. The minimum absolute atomic E-state index is 0.142. The van der Waals surface area contributed by atoms with Gasteiger partial charge in [-0.1, -0.05) is 36.6 Å². The zero-order chi connectivity index (χ0) is 14.9. The van der Waals surface area contributed by atoms with Crippen LogP contribution in [0.15, 0.2) is 40.4 Å². The lowest BCUT2D eigenvalue weighted by atomic mass is 10.1. The monoisotopic (exact) mass is 268 g/mol. The highest BCUT2D eigenvalue weighted by Gasteiger charge is 2.05. The van der Waals surface area contributed by atoms with Gasteiger partial charge in [-0.05, 0) is 24.1 Å². The van der Waals surface area contributed by atoms with Crippen LogP contribution in [0.25, 0.3) is 11.8 Å². The summed E-state index contributed by atoms with van der Waals surface area (Å²) in [7, 11) is 3.20. The maximum atomic E-state index is 12.3. The van der Waals surface area contributed by atoms with Gasteiger partial charge >= 0.3 is 0 Å². The van der Waals surface area contributed by atoms with Gasteiger partial charge < -0.3 is 0 Å². The highest BCUT2D eigenvalue weighted by molar-refractivity contribution is 5.52. The minimum atomic E-state index is -0.345. The zero-order valence-electron chi connectivity index (χ0n) is 11.8. The first-order chi connectivity index (χ1) is 9.47. The van der Waals surface area contributed by atoms with Crippen molar-refractivity contribution < 1.29 is 0 Å². The fourth-order valence-electron chi connectivity index (χ4n) is 2.14. The highest BCUT2D eigenvalue weighted by Crippen LogP contribution is 2.06. The standard InChI is InChI=1S/C16H16N2O2/c1-5-14-17(3)15(19)13(16(20)18(14)4)10-12-9-7-6-8-11(12)2/h6-10H,1H2,2-4H3. The molecule has 4 nitrogen and oxygen atoms in total. The van der Waals surface area contributed by atoms with Crippen molar-refractivity contribution in [3.63, 3.8) is 0 Å². The second-order valence-corrected chi connectivity index (χ2v) is 4.64. The van der Waals surface area contributed by atoms with Gasteiger partial charge in [0.15, 0.2) is 5.48 Å². The molecule has 0 unspecified atom stereocenters. The summed E-state index contributed by atoms with van der Waals surface area (Å²) in [6.07, 6.45) is 1.63. The Morgan fingerprint density at radius 1 is 1.10 bits per heavy atom. The summed E-state index contributed by atoms with van der Waals surface area (Å²) in [6, 6.07) is 7.60. The molecule has 0 fully saturated rings. The summed E-state index contributed by atoms with van der Waals surface area (Å²) in [5.74, 6) is 0.